The molecule has 9 heteroatoms. The molecule has 29 heavy (non-hydrogen) atoms. The molecular weight excluding hydrogens is 388 g/mol. The van der Waals surface area contributed by atoms with Crippen LogP contribution in [0.4, 0.5) is 5.82 Å². The topological polar surface area (TPSA) is 93.0 Å². The maximum absolute atomic E-state index is 5.62. The molecule has 0 unspecified atom stereocenters. The van der Waals surface area contributed by atoms with Crippen LogP contribution in [-0.4, -0.2) is 50.5 Å². The average molecular weight is 411 g/mol. The van der Waals surface area contributed by atoms with Crippen LogP contribution in [0, 0.1) is 20.8 Å². The Kier molecular flexibility index (Phi) is 4.36. The van der Waals surface area contributed by atoms with Crippen molar-refractivity contribution in [2.24, 2.45) is 0 Å². The van der Waals surface area contributed by atoms with E-state index in [-0.39, 0.29) is 6.04 Å². The highest BCUT2D eigenvalue weighted by atomic mass is 32.1. The highest BCUT2D eigenvalue weighted by molar-refractivity contribution is 7.14. The third-order valence-electron chi connectivity index (χ3n) is 5.33. The minimum absolute atomic E-state index is 0.244. The SMILES string of the molecule is Cc1cc(-c2nsc3c(-c4c(C)noc4C)cc(N4CCOC[C@H]4C)nc23)n[nH]1. The Bertz CT molecular complexity index is 1170. The van der Waals surface area contributed by atoms with Gasteiger partial charge in [0.1, 0.15) is 28.5 Å². The fourth-order valence-corrected chi connectivity index (χ4v) is 4.73. The van der Waals surface area contributed by atoms with Crippen molar-refractivity contribution in [2.75, 3.05) is 24.7 Å². The number of aromatic amines is 1. The molecule has 4 aromatic heterocycles. The van der Waals surface area contributed by atoms with E-state index in [9.17, 15) is 0 Å². The van der Waals surface area contributed by atoms with Crippen LogP contribution in [0.5, 0.6) is 0 Å². The fourth-order valence-electron chi connectivity index (χ4n) is 3.88. The van der Waals surface area contributed by atoms with Crippen molar-refractivity contribution in [3.63, 3.8) is 0 Å². The number of rotatable bonds is 3. The van der Waals surface area contributed by atoms with Crippen LogP contribution in [-0.2, 0) is 4.74 Å². The highest BCUT2D eigenvalue weighted by Crippen LogP contribution is 2.40. The first-order valence-corrected chi connectivity index (χ1v) is 10.4. The van der Waals surface area contributed by atoms with E-state index in [4.69, 9.17) is 18.6 Å². The van der Waals surface area contributed by atoms with Crippen LogP contribution in [0.1, 0.15) is 24.1 Å². The molecule has 1 atom stereocenters. The summed E-state index contributed by atoms with van der Waals surface area (Å²) in [6, 6.07) is 4.37. The number of aryl methyl sites for hydroxylation is 3. The molecule has 5 heterocycles. The van der Waals surface area contributed by atoms with Gasteiger partial charge in [-0.1, -0.05) is 5.16 Å². The summed E-state index contributed by atoms with van der Waals surface area (Å²) < 4.78 is 16.8. The minimum atomic E-state index is 0.244. The van der Waals surface area contributed by atoms with Gasteiger partial charge in [-0.25, -0.2) is 4.98 Å². The second-order valence-electron chi connectivity index (χ2n) is 7.49. The Balaban J connectivity index is 1.77. The van der Waals surface area contributed by atoms with E-state index in [0.717, 1.165) is 62.2 Å². The molecule has 0 radical (unpaired) electrons. The normalized spacial score (nSPS) is 17.4. The summed E-state index contributed by atoms with van der Waals surface area (Å²) in [7, 11) is 0. The predicted octanol–water partition coefficient (Wildman–Crippen LogP) is 3.89. The first-order valence-electron chi connectivity index (χ1n) is 9.63. The lowest BCUT2D eigenvalue weighted by Crippen LogP contribution is -2.44. The predicted molar refractivity (Wildman–Crippen MR) is 112 cm³/mol. The zero-order valence-electron chi connectivity index (χ0n) is 16.8. The highest BCUT2D eigenvalue weighted by Gasteiger charge is 2.26. The largest absolute Gasteiger partial charge is 0.377 e. The summed E-state index contributed by atoms with van der Waals surface area (Å²) in [5.41, 5.74) is 6.37. The summed E-state index contributed by atoms with van der Waals surface area (Å²) in [6.45, 7) is 10.2. The van der Waals surface area contributed by atoms with Gasteiger partial charge in [0.05, 0.1) is 29.6 Å². The van der Waals surface area contributed by atoms with Gasteiger partial charge >= 0.3 is 0 Å². The molecule has 0 aromatic carbocycles. The van der Waals surface area contributed by atoms with Gasteiger partial charge in [0.25, 0.3) is 0 Å². The van der Waals surface area contributed by atoms with Crippen LogP contribution in [0.2, 0.25) is 0 Å². The van der Waals surface area contributed by atoms with Crippen molar-refractivity contribution in [3.8, 4) is 22.5 Å². The second-order valence-corrected chi connectivity index (χ2v) is 8.26. The Morgan fingerprint density at radius 1 is 1.24 bits per heavy atom. The van der Waals surface area contributed by atoms with Crippen molar-refractivity contribution in [2.45, 2.75) is 33.7 Å². The molecule has 8 nitrogen and oxygen atoms in total. The van der Waals surface area contributed by atoms with Gasteiger partial charge in [-0.3, -0.25) is 5.10 Å². The molecule has 1 N–H and O–H groups in total. The number of fused-ring (bicyclic) bond motifs is 1. The third kappa shape index (κ3) is 3.01. The number of ether oxygens (including phenoxy) is 1. The lowest BCUT2D eigenvalue weighted by atomic mass is 10.0. The van der Waals surface area contributed by atoms with E-state index in [0.29, 0.717) is 13.2 Å². The van der Waals surface area contributed by atoms with Crippen LogP contribution >= 0.6 is 11.5 Å². The lowest BCUT2D eigenvalue weighted by Gasteiger charge is -2.34. The van der Waals surface area contributed by atoms with Gasteiger partial charge in [-0.05, 0) is 51.4 Å². The number of nitrogens with one attached hydrogen (secondary N) is 1. The Labute approximate surface area is 172 Å². The van der Waals surface area contributed by atoms with Gasteiger partial charge in [0.2, 0.25) is 0 Å². The number of hydrogen-bond acceptors (Lipinski definition) is 8. The van der Waals surface area contributed by atoms with Gasteiger partial charge in [-0.15, -0.1) is 0 Å². The van der Waals surface area contributed by atoms with E-state index < -0.39 is 0 Å². The first-order chi connectivity index (χ1) is 14.0. The number of anilines is 1. The van der Waals surface area contributed by atoms with E-state index in [1.54, 1.807) is 0 Å². The van der Waals surface area contributed by atoms with E-state index in [1.165, 1.54) is 11.5 Å². The standard InChI is InChI=1S/C20H22N6O2S/c1-10-7-15(23-22-10)18-19-20(29-25-18)14(17-12(3)24-28-13(17)4)8-16(21-19)26-5-6-27-9-11(26)2/h7-8,11H,5-6,9H2,1-4H3,(H,22,23)/t11-/m1/s1. The molecule has 0 bridgehead atoms. The smallest absolute Gasteiger partial charge is 0.141 e. The molecule has 4 aromatic rings. The molecule has 0 saturated carbocycles. The number of hydrogen-bond donors (Lipinski definition) is 1. The van der Waals surface area contributed by atoms with Crippen molar-refractivity contribution >= 4 is 27.6 Å². The molecule has 0 aliphatic carbocycles. The molecule has 1 aliphatic heterocycles. The summed E-state index contributed by atoms with van der Waals surface area (Å²) in [5.74, 6) is 1.71. The van der Waals surface area contributed by atoms with Gasteiger partial charge in [0, 0.05) is 23.4 Å². The maximum Gasteiger partial charge on any atom is 0.141 e. The van der Waals surface area contributed by atoms with Crippen LogP contribution in [0.25, 0.3) is 32.7 Å². The quantitative estimate of drug-likeness (QED) is 0.548. The number of morpholine rings is 1. The van der Waals surface area contributed by atoms with Crippen molar-refractivity contribution in [1.82, 2.24) is 24.7 Å². The number of pyridine rings is 1. The van der Waals surface area contributed by atoms with Gasteiger partial charge < -0.3 is 14.2 Å². The lowest BCUT2D eigenvalue weighted by molar-refractivity contribution is 0.0986. The van der Waals surface area contributed by atoms with Crippen molar-refractivity contribution in [1.29, 1.82) is 0 Å². The molecule has 1 saturated heterocycles. The Morgan fingerprint density at radius 3 is 2.79 bits per heavy atom. The third-order valence-corrected chi connectivity index (χ3v) is 6.19. The summed E-state index contributed by atoms with van der Waals surface area (Å²) in [6.07, 6.45) is 0. The van der Waals surface area contributed by atoms with Gasteiger partial charge in [0.15, 0.2) is 0 Å². The molecule has 1 fully saturated rings. The van der Waals surface area contributed by atoms with Crippen molar-refractivity contribution in [3.05, 3.63) is 29.3 Å². The second kappa shape index (κ2) is 6.93. The molecule has 1 aliphatic rings. The van der Waals surface area contributed by atoms with Crippen LogP contribution in [0.3, 0.4) is 0 Å². The van der Waals surface area contributed by atoms with Crippen molar-refractivity contribution < 1.29 is 9.26 Å². The maximum atomic E-state index is 5.62. The van der Waals surface area contributed by atoms with Crippen LogP contribution in [0.15, 0.2) is 16.7 Å². The number of nitrogens with zero attached hydrogens (tertiary/aromatic N) is 5. The summed E-state index contributed by atoms with van der Waals surface area (Å²) in [4.78, 5) is 7.33. The summed E-state index contributed by atoms with van der Waals surface area (Å²) >= 11 is 1.44. The van der Waals surface area contributed by atoms with E-state index >= 15 is 0 Å². The first kappa shape index (κ1) is 18.3. The van der Waals surface area contributed by atoms with E-state index in [1.807, 2.05) is 26.8 Å². The minimum Gasteiger partial charge on any atom is -0.377 e. The zero-order valence-corrected chi connectivity index (χ0v) is 17.6. The summed E-state index contributed by atoms with van der Waals surface area (Å²) in [5, 5.41) is 11.6. The molecule has 0 spiro atoms. The number of aromatic nitrogens is 5. The molecular formula is C20H22N6O2S. The Morgan fingerprint density at radius 2 is 2.10 bits per heavy atom. The average Bonchev–Trinajstić information content (AvgIpc) is 3.40. The number of H-pyrrole nitrogens is 1. The Hall–Kier alpha value is -2.78. The van der Waals surface area contributed by atoms with Crippen LogP contribution < -0.4 is 4.90 Å². The van der Waals surface area contributed by atoms with Gasteiger partial charge in [-0.2, -0.15) is 9.47 Å². The fraction of sp³-hybridized carbons (Fsp3) is 0.400. The zero-order chi connectivity index (χ0) is 20.1. The molecule has 0 amide bonds. The molecule has 150 valence electrons. The monoisotopic (exact) mass is 410 g/mol. The molecule has 5 rings (SSSR count). The van der Waals surface area contributed by atoms with E-state index in [2.05, 4.69) is 33.2 Å².